The maximum Gasteiger partial charge on any atom is 0.283 e. The number of hydrogen-bond acceptors (Lipinski definition) is 6. The molecule has 9 heteroatoms. The van der Waals surface area contributed by atoms with Gasteiger partial charge in [-0.15, -0.1) is 0 Å². The number of nitrogens with one attached hydrogen (secondary N) is 2. The van der Waals surface area contributed by atoms with Crippen molar-refractivity contribution in [3.05, 3.63) is 64.1 Å². The lowest BCUT2D eigenvalue weighted by Gasteiger charge is -2.25. The Labute approximate surface area is 171 Å². The minimum Gasteiger partial charge on any atom is -0.485 e. The van der Waals surface area contributed by atoms with Gasteiger partial charge in [0.2, 0.25) is 6.10 Å². The molecule has 9 nitrogen and oxygen atoms in total. The van der Waals surface area contributed by atoms with E-state index >= 15 is 0 Å². The van der Waals surface area contributed by atoms with Gasteiger partial charge in [0.1, 0.15) is 12.3 Å². The first-order valence-electron chi connectivity index (χ1n) is 9.48. The van der Waals surface area contributed by atoms with Crippen molar-refractivity contribution < 1.29 is 19.1 Å². The fourth-order valence-electron chi connectivity index (χ4n) is 3.25. The topological polar surface area (TPSA) is 112 Å². The molecule has 0 bridgehead atoms. The number of aromatic nitrogens is 2. The van der Waals surface area contributed by atoms with E-state index < -0.39 is 17.9 Å². The molecule has 2 aromatic carbocycles. The standard InChI is InChI=1S/C21H20N4O5/c1-3-25-15-9-8-13(10-14(15)22-12(2)21(25)28)19(26)23-24-20(27)18-11-29-16-6-4-5-7-17(16)30-18/h4-10,18H,3,11H2,1-2H3,(H,23,26)(H,24,27)/t18-/m0/s1. The normalized spacial score (nSPS) is 14.9. The number of carbonyl (C=O) groups excluding carboxylic acids is 2. The molecule has 2 amide bonds. The quantitative estimate of drug-likeness (QED) is 0.633. The third-order valence-corrected chi connectivity index (χ3v) is 4.79. The molecule has 0 radical (unpaired) electrons. The predicted octanol–water partition coefficient (Wildman–Crippen LogP) is 1.33. The van der Waals surface area contributed by atoms with Gasteiger partial charge >= 0.3 is 0 Å². The van der Waals surface area contributed by atoms with Crippen molar-refractivity contribution in [1.29, 1.82) is 0 Å². The van der Waals surface area contributed by atoms with Gasteiger partial charge in [-0.1, -0.05) is 12.1 Å². The van der Waals surface area contributed by atoms with Crippen molar-refractivity contribution in [2.45, 2.75) is 26.5 Å². The Morgan fingerprint density at radius 3 is 2.70 bits per heavy atom. The van der Waals surface area contributed by atoms with Gasteiger partial charge in [0.05, 0.1) is 11.0 Å². The van der Waals surface area contributed by atoms with E-state index in [9.17, 15) is 14.4 Å². The zero-order valence-corrected chi connectivity index (χ0v) is 16.5. The molecular formula is C21H20N4O5. The maximum atomic E-state index is 12.5. The number of benzene rings is 2. The Bertz CT molecular complexity index is 1200. The lowest BCUT2D eigenvalue weighted by atomic mass is 10.1. The van der Waals surface area contributed by atoms with Crippen molar-refractivity contribution in [1.82, 2.24) is 20.4 Å². The minimum absolute atomic E-state index is 0.0342. The van der Waals surface area contributed by atoms with Crippen LogP contribution in [0.15, 0.2) is 47.3 Å². The van der Waals surface area contributed by atoms with Crippen LogP contribution in [0.1, 0.15) is 23.0 Å². The van der Waals surface area contributed by atoms with Crippen LogP contribution in [0.2, 0.25) is 0 Å². The van der Waals surface area contributed by atoms with E-state index in [4.69, 9.17) is 9.47 Å². The van der Waals surface area contributed by atoms with Gasteiger partial charge in [0, 0.05) is 12.1 Å². The molecule has 0 unspecified atom stereocenters. The van der Waals surface area contributed by atoms with Crippen molar-refractivity contribution >= 4 is 22.8 Å². The van der Waals surface area contributed by atoms with E-state index in [0.29, 0.717) is 40.3 Å². The van der Waals surface area contributed by atoms with Gasteiger partial charge < -0.3 is 14.0 Å². The zero-order chi connectivity index (χ0) is 21.3. The molecule has 0 aliphatic carbocycles. The molecule has 2 heterocycles. The van der Waals surface area contributed by atoms with Gasteiger partial charge in [0.15, 0.2) is 11.5 Å². The monoisotopic (exact) mass is 408 g/mol. The van der Waals surface area contributed by atoms with E-state index in [1.807, 2.05) is 13.0 Å². The zero-order valence-electron chi connectivity index (χ0n) is 16.5. The summed E-state index contributed by atoms with van der Waals surface area (Å²) in [5.41, 5.74) is 6.37. The number of amides is 2. The second-order valence-electron chi connectivity index (χ2n) is 6.76. The van der Waals surface area contributed by atoms with E-state index in [2.05, 4.69) is 15.8 Å². The van der Waals surface area contributed by atoms with Crippen LogP contribution in [0, 0.1) is 6.92 Å². The van der Waals surface area contributed by atoms with Gasteiger partial charge in [-0.05, 0) is 44.2 Å². The smallest absolute Gasteiger partial charge is 0.283 e. The Morgan fingerprint density at radius 2 is 1.93 bits per heavy atom. The summed E-state index contributed by atoms with van der Waals surface area (Å²) in [7, 11) is 0. The number of fused-ring (bicyclic) bond motifs is 2. The SMILES string of the molecule is CCn1c(=O)c(C)nc2cc(C(=O)NNC(=O)[C@@H]3COc4ccccc4O3)ccc21. The van der Waals surface area contributed by atoms with Crippen LogP contribution < -0.4 is 25.9 Å². The van der Waals surface area contributed by atoms with Crippen LogP contribution >= 0.6 is 0 Å². The summed E-state index contributed by atoms with van der Waals surface area (Å²) in [6.45, 7) is 4.02. The molecule has 1 aliphatic rings. The predicted molar refractivity (Wildman–Crippen MR) is 108 cm³/mol. The first-order valence-corrected chi connectivity index (χ1v) is 9.48. The van der Waals surface area contributed by atoms with Crippen LogP contribution in [0.4, 0.5) is 0 Å². The highest BCUT2D eigenvalue weighted by Gasteiger charge is 2.27. The van der Waals surface area contributed by atoms with Gasteiger partial charge in [-0.25, -0.2) is 4.98 Å². The third-order valence-electron chi connectivity index (χ3n) is 4.79. The number of hydrazine groups is 1. The van der Waals surface area contributed by atoms with Crippen LogP contribution in [0.3, 0.4) is 0 Å². The van der Waals surface area contributed by atoms with Crippen molar-refractivity contribution in [2.24, 2.45) is 0 Å². The molecule has 0 spiro atoms. The number of aryl methyl sites for hydroxylation is 2. The highest BCUT2D eigenvalue weighted by Crippen LogP contribution is 2.30. The summed E-state index contributed by atoms with van der Waals surface area (Å²) in [4.78, 5) is 41.3. The van der Waals surface area contributed by atoms with Crippen LogP contribution in [-0.2, 0) is 11.3 Å². The third kappa shape index (κ3) is 3.57. The largest absolute Gasteiger partial charge is 0.485 e. The number of hydrogen-bond donors (Lipinski definition) is 2. The summed E-state index contributed by atoms with van der Waals surface area (Å²) in [6, 6.07) is 11.8. The summed E-state index contributed by atoms with van der Waals surface area (Å²) in [6.07, 6.45) is -0.889. The first kappa shape index (κ1) is 19.4. The summed E-state index contributed by atoms with van der Waals surface area (Å²) in [5.74, 6) is -0.0215. The first-order chi connectivity index (χ1) is 14.5. The molecular weight excluding hydrogens is 388 g/mol. The lowest BCUT2D eigenvalue weighted by Crippen LogP contribution is -2.50. The van der Waals surface area contributed by atoms with E-state index in [0.717, 1.165) is 0 Å². The number of ether oxygens (including phenoxy) is 2. The van der Waals surface area contributed by atoms with E-state index in [1.54, 1.807) is 47.9 Å². The Kier molecular flexibility index (Phi) is 5.09. The second-order valence-corrected chi connectivity index (χ2v) is 6.76. The second kappa shape index (κ2) is 7.86. The molecule has 0 fully saturated rings. The fourth-order valence-corrected chi connectivity index (χ4v) is 3.25. The van der Waals surface area contributed by atoms with Gasteiger partial charge in [-0.2, -0.15) is 0 Å². The van der Waals surface area contributed by atoms with Crippen LogP contribution in [0.25, 0.3) is 11.0 Å². The molecule has 30 heavy (non-hydrogen) atoms. The average Bonchev–Trinajstić information content (AvgIpc) is 2.77. The highest BCUT2D eigenvalue weighted by atomic mass is 16.6. The Balaban J connectivity index is 1.45. The fraction of sp³-hybridized carbons (Fsp3) is 0.238. The molecule has 4 rings (SSSR count). The van der Waals surface area contributed by atoms with E-state index in [1.165, 1.54) is 0 Å². The molecule has 154 valence electrons. The number of nitrogens with zero attached hydrogens (tertiary/aromatic N) is 2. The molecule has 2 N–H and O–H groups in total. The highest BCUT2D eigenvalue weighted by molar-refractivity contribution is 5.98. The number of rotatable bonds is 3. The van der Waals surface area contributed by atoms with Crippen molar-refractivity contribution in [2.75, 3.05) is 6.61 Å². The molecule has 1 aromatic heterocycles. The van der Waals surface area contributed by atoms with Crippen LogP contribution in [-0.4, -0.2) is 34.1 Å². The lowest BCUT2D eigenvalue weighted by molar-refractivity contribution is -0.131. The average molecular weight is 408 g/mol. The number of carbonyl (C=O) groups is 2. The molecule has 1 aliphatic heterocycles. The Morgan fingerprint density at radius 1 is 1.17 bits per heavy atom. The molecule has 0 saturated heterocycles. The summed E-state index contributed by atoms with van der Waals surface area (Å²) < 4.78 is 12.7. The van der Waals surface area contributed by atoms with Crippen molar-refractivity contribution in [3.8, 4) is 11.5 Å². The maximum absolute atomic E-state index is 12.5. The summed E-state index contributed by atoms with van der Waals surface area (Å²) >= 11 is 0. The van der Waals surface area contributed by atoms with Gasteiger partial charge in [-0.3, -0.25) is 25.2 Å². The molecule has 0 saturated carbocycles. The van der Waals surface area contributed by atoms with Gasteiger partial charge in [0.25, 0.3) is 17.4 Å². The molecule has 1 atom stereocenters. The number of para-hydroxylation sites is 2. The van der Waals surface area contributed by atoms with Crippen molar-refractivity contribution in [3.63, 3.8) is 0 Å². The van der Waals surface area contributed by atoms with Crippen LogP contribution in [0.5, 0.6) is 11.5 Å². The van der Waals surface area contributed by atoms with E-state index in [-0.39, 0.29) is 12.2 Å². The Hall–Kier alpha value is -3.88. The summed E-state index contributed by atoms with van der Waals surface area (Å²) in [5, 5.41) is 0. The minimum atomic E-state index is -0.889. The molecule has 3 aromatic rings.